The van der Waals surface area contributed by atoms with Gasteiger partial charge in [0.15, 0.2) is 0 Å². The number of fused-ring (bicyclic) bond motifs is 1. The highest BCUT2D eigenvalue weighted by Crippen LogP contribution is 2.34. The topological polar surface area (TPSA) is 69.9 Å². The lowest BCUT2D eigenvalue weighted by atomic mass is 10.0. The smallest absolute Gasteiger partial charge is 0.257 e. The van der Waals surface area contributed by atoms with Gasteiger partial charge in [0.1, 0.15) is 0 Å². The fraction of sp³-hybridized carbons (Fsp3) is 0.565. The third-order valence-corrected chi connectivity index (χ3v) is 7.52. The monoisotopic (exact) mass is 428 g/mol. The molecular weight excluding hydrogens is 396 g/mol. The number of hydrogen-bond acceptors (Lipinski definition) is 5. The predicted octanol–water partition coefficient (Wildman–Crippen LogP) is 3.42. The highest BCUT2D eigenvalue weighted by Gasteiger charge is 2.31. The van der Waals surface area contributed by atoms with Gasteiger partial charge in [-0.3, -0.25) is 14.5 Å². The number of likely N-dealkylation sites (tertiary alicyclic amines) is 1. The molecule has 2 saturated heterocycles. The summed E-state index contributed by atoms with van der Waals surface area (Å²) < 4.78 is 1.07. The van der Waals surface area contributed by atoms with Gasteiger partial charge in [-0.2, -0.15) is 0 Å². The molecule has 0 bridgehead atoms. The molecule has 2 fully saturated rings. The van der Waals surface area contributed by atoms with E-state index in [9.17, 15) is 9.59 Å². The first-order valence-corrected chi connectivity index (χ1v) is 12.0. The zero-order valence-electron chi connectivity index (χ0n) is 17.8. The van der Waals surface area contributed by atoms with E-state index in [-0.39, 0.29) is 5.91 Å². The molecule has 1 aromatic carbocycles. The van der Waals surface area contributed by atoms with Gasteiger partial charge >= 0.3 is 0 Å². The highest BCUT2D eigenvalue weighted by atomic mass is 32.1. The van der Waals surface area contributed by atoms with E-state index in [1.807, 2.05) is 34.1 Å². The number of piperazine rings is 1. The van der Waals surface area contributed by atoms with E-state index >= 15 is 0 Å². The summed E-state index contributed by atoms with van der Waals surface area (Å²) in [6.45, 7) is 7.10. The first kappa shape index (κ1) is 21.1. The van der Waals surface area contributed by atoms with Crippen LogP contribution in [0.3, 0.4) is 0 Å². The van der Waals surface area contributed by atoms with Crippen molar-refractivity contribution in [1.29, 1.82) is 0 Å². The number of piperidine rings is 1. The maximum Gasteiger partial charge on any atom is 0.257 e. The van der Waals surface area contributed by atoms with E-state index in [4.69, 9.17) is 5.73 Å². The van der Waals surface area contributed by atoms with Crippen LogP contribution in [0.2, 0.25) is 0 Å². The Morgan fingerprint density at radius 1 is 1.03 bits per heavy atom. The predicted molar refractivity (Wildman–Crippen MR) is 123 cm³/mol. The van der Waals surface area contributed by atoms with Crippen molar-refractivity contribution in [2.45, 2.75) is 45.1 Å². The molecule has 0 aliphatic carbocycles. The number of hydrogen-bond donors (Lipinski definition) is 1. The van der Waals surface area contributed by atoms with Crippen molar-refractivity contribution >= 4 is 38.2 Å². The molecule has 0 saturated carbocycles. The second kappa shape index (κ2) is 9.35. The van der Waals surface area contributed by atoms with E-state index < -0.39 is 0 Å². The van der Waals surface area contributed by atoms with Crippen LogP contribution in [0, 0.1) is 0 Å². The number of nitrogens with zero attached hydrogens (tertiary/aromatic N) is 3. The summed E-state index contributed by atoms with van der Waals surface area (Å²) in [6.07, 6.45) is 4.81. The number of amides is 2. The molecule has 0 atom stereocenters. The van der Waals surface area contributed by atoms with Crippen molar-refractivity contribution in [3.8, 4) is 0 Å². The standard InChI is InChI=1S/C23H32N4O2S/c1-2-3-8-20(28)26-11-9-17(10-12-26)25-13-15-27(16-14-25)23(29)21-18-6-4-5-7-19(18)30-22(21)24/h4-7,17H,2-3,8-16,24H2,1H3. The molecule has 3 heterocycles. The third kappa shape index (κ3) is 4.32. The lowest BCUT2D eigenvalue weighted by molar-refractivity contribution is -0.133. The van der Waals surface area contributed by atoms with Crippen LogP contribution in [-0.4, -0.2) is 71.8 Å². The van der Waals surface area contributed by atoms with Gasteiger partial charge in [0.05, 0.1) is 10.6 Å². The van der Waals surface area contributed by atoms with Crippen LogP contribution in [0.4, 0.5) is 5.00 Å². The highest BCUT2D eigenvalue weighted by molar-refractivity contribution is 7.23. The SMILES string of the molecule is CCCCC(=O)N1CCC(N2CCN(C(=O)c3c(N)sc4ccccc34)CC2)CC1. The number of thiophene rings is 1. The van der Waals surface area contributed by atoms with Crippen molar-refractivity contribution in [3.63, 3.8) is 0 Å². The average Bonchev–Trinajstić information content (AvgIpc) is 3.13. The van der Waals surface area contributed by atoms with Crippen molar-refractivity contribution in [3.05, 3.63) is 29.8 Å². The molecule has 7 heteroatoms. The fourth-order valence-corrected chi connectivity index (χ4v) is 5.66. The molecule has 0 spiro atoms. The molecule has 162 valence electrons. The Morgan fingerprint density at radius 3 is 2.43 bits per heavy atom. The van der Waals surface area contributed by atoms with Crippen LogP contribution >= 0.6 is 11.3 Å². The summed E-state index contributed by atoms with van der Waals surface area (Å²) in [7, 11) is 0. The number of nitrogen functional groups attached to an aromatic ring is 1. The quantitative estimate of drug-likeness (QED) is 0.792. The van der Waals surface area contributed by atoms with Gasteiger partial charge in [-0.05, 0) is 25.3 Å². The minimum atomic E-state index is 0.0564. The van der Waals surface area contributed by atoms with E-state index in [1.165, 1.54) is 11.3 Å². The molecule has 2 aliphatic heterocycles. The summed E-state index contributed by atoms with van der Waals surface area (Å²) in [4.78, 5) is 31.9. The maximum atomic E-state index is 13.2. The van der Waals surface area contributed by atoms with Crippen molar-refractivity contribution in [2.24, 2.45) is 0 Å². The van der Waals surface area contributed by atoms with Crippen molar-refractivity contribution < 1.29 is 9.59 Å². The molecule has 2 aromatic rings. The van der Waals surface area contributed by atoms with Crippen LogP contribution in [-0.2, 0) is 4.79 Å². The summed E-state index contributed by atoms with van der Waals surface area (Å²) in [5.41, 5.74) is 6.87. The van der Waals surface area contributed by atoms with Gasteiger partial charge in [-0.1, -0.05) is 31.5 Å². The molecule has 30 heavy (non-hydrogen) atoms. The van der Waals surface area contributed by atoms with Gasteiger partial charge in [0, 0.05) is 61.8 Å². The lowest BCUT2D eigenvalue weighted by Crippen LogP contribution is -2.54. The Balaban J connectivity index is 1.31. The van der Waals surface area contributed by atoms with E-state index in [0.717, 1.165) is 75.0 Å². The Bertz CT molecular complexity index is 896. The van der Waals surface area contributed by atoms with Crippen LogP contribution in [0.5, 0.6) is 0 Å². The Morgan fingerprint density at radius 2 is 1.73 bits per heavy atom. The van der Waals surface area contributed by atoms with Gasteiger partial charge < -0.3 is 15.5 Å². The normalized spacial score (nSPS) is 18.8. The minimum absolute atomic E-state index is 0.0564. The number of carbonyl (C=O) groups is 2. The second-order valence-corrected chi connectivity index (χ2v) is 9.46. The maximum absolute atomic E-state index is 13.2. The average molecular weight is 429 g/mol. The molecule has 0 unspecified atom stereocenters. The third-order valence-electron chi connectivity index (χ3n) is 6.52. The van der Waals surface area contributed by atoms with Gasteiger partial charge in [0.25, 0.3) is 5.91 Å². The molecule has 2 aliphatic rings. The molecule has 2 N–H and O–H groups in total. The fourth-order valence-electron chi connectivity index (χ4n) is 4.70. The Kier molecular flexibility index (Phi) is 6.58. The second-order valence-electron chi connectivity index (χ2n) is 8.38. The van der Waals surface area contributed by atoms with Crippen LogP contribution in [0.15, 0.2) is 24.3 Å². The molecule has 6 nitrogen and oxygen atoms in total. The summed E-state index contributed by atoms with van der Waals surface area (Å²) in [5, 5.41) is 1.58. The zero-order chi connectivity index (χ0) is 21.1. The molecular formula is C23H32N4O2S. The van der Waals surface area contributed by atoms with Crippen LogP contribution in [0.25, 0.3) is 10.1 Å². The van der Waals surface area contributed by atoms with Gasteiger partial charge in [0.2, 0.25) is 5.91 Å². The number of rotatable bonds is 5. The van der Waals surface area contributed by atoms with E-state index in [1.54, 1.807) is 0 Å². The number of anilines is 1. The van der Waals surface area contributed by atoms with E-state index in [2.05, 4.69) is 11.8 Å². The first-order chi connectivity index (χ1) is 14.6. The summed E-state index contributed by atoms with van der Waals surface area (Å²) in [6, 6.07) is 8.46. The Labute approximate surface area is 182 Å². The Hall–Kier alpha value is -2.12. The van der Waals surface area contributed by atoms with Gasteiger partial charge in [-0.15, -0.1) is 11.3 Å². The zero-order valence-corrected chi connectivity index (χ0v) is 18.6. The number of nitrogens with two attached hydrogens (primary N) is 1. The largest absolute Gasteiger partial charge is 0.390 e. The summed E-state index contributed by atoms with van der Waals surface area (Å²) >= 11 is 1.49. The van der Waals surface area contributed by atoms with Crippen molar-refractivity contribution in [1.82, 2.24) is 14.7 Å². The molecule has 2 amide bonds. The van der Waals surface area contributed by atoms with E-state index in [0.29, 0.717) is 28.9 Å². The molecule has 0 radical (unpaired) electrons. The number of benzene rings is 1. The molecule has 4 rings (SSSR count). The molecule has 1 aromatic heterocycles. The summed E-state index contributed by atoms with van der Waals surface area (Å²) in [5.74, 6) is 0.368. The van der Waals surface area contributed by atoms with Gasteiger partial charge in [-0.25, -0.2) is 0 Å². The minimum Gasteiger partial charge on any atom is -0.390 e. The van der Waals surface area contributed by atoms with Crippen LogP contribution < -0.4 is 5.73 Å². The van der Waals surface area contributed by atoms with Crippen molar-refractivity contribution in [2.75, 3.05) is 45.0 Å². The number of unbranched alkanes of at least 4 members (excludes halogenated alkanes) is 1. The lowest BCUT2D eigenvalue weighted by Gasteiger charge is -2.42. The number of carbonyl (C=O) groups excluding carboxylic acids is 2. The van der Waals surface area contributed by atoms with Crippen LogP contribution in [0.1, 0.15) is 49.4 Å². The first-order valence-electron chi connectivity index (χ1n) is 11.2.